The number of rotatable bonds is 3. The van der Waals surface area contributed by atoms with Gasteiger partial charge in [-0.25, -0.2) is 18.4 Å². The van der Waals surface area contributed by atoms with Crippen molar-refractivity contribution in [2.24, 2.45) is 0 Å². The van der Waals surface area contributed by atoms with Gasteiger partial charge in [0.15, 0.2) is 0 Å². The molecule has 2 aromatic heterocycles. The molecule has 1 saturated carbocycles. The summed E-state index contributed by atoms with van der Waals surface area (Å²) < 4.78 is 27.6. The van der Waals surface area contributed by atoms with Crippen molar-refractivity contribution in [3.63, 3.8) is 0 Å². The van der Waals surface area contributed by atoms with Crippen LogP contribution < -0.4 is 4.90 Å². The first kappa shape index (κ1) is 14.3. The maximum absolute atomic E-state index is 12.4. The van der Waals surface area contributed by atoms with Crippen LogP contribution in [0.1, 0.15) is 19.3 Å². The normalized spacial score (nSPS) is 21.2. The fraction of sp³-hybridized carbons (Fsp3) is 0.571. The Kier molecular flexibility index (Phi) is 3.54. The Bertz CT molecular complexity index is 785. The highest BCUT2D eigenvalue weighted by molar-refractivity contribution is 7.90. The summed E-state index contributed by atoms with van der Waals surface area (Å²) in [5.41, 5.74) is 0.960. The molecule has 0 radical (unpaired) electrons. The van der Waals surface area contributed by atoms with Crippen LogP contribution in [0, 0.1) is 0 Å². The Balaban J connectivity index is 1.57. The van der Waals surface area contributed by atoms with E-state index in [0.717, 1.165) is 41.8 Å². The van der Waals surface area contributed by atoms with Gasteiger partial charge in [0, 0.05) is 26.2 Å². The van der Waals surface area contributed by atoms with Gasteiger partial charge in [0.2, 0.25) is 10.0 Å². The van der Waals surface area contributed by atoms with Gasteiger partial charge < -0.3 is 4.90 Å². The van der Waals surface area contributed by atoms with Crippen LogP contribution in [-0.2, 0) is 10.0 Å². The number of fused-ring (bicyclic) bond motifs is 1. The molecule has 3 heterocycles. The summed E-state index contributed by atoms with van der Waals surface area (Å²) >= 11 is 1.64. The van der Waals surface area contributed by atoms with Crippen LogP contribution in [0.25, 0.3) is 10.2 Å². The van der Waals surface area contributed by atoms with Crippen molar-refractivity contribution in [3.05, 3.63) is 17.8 Å². The van der Waals surface area contributed by atoms with Crippen LogP contribution in [0.5, 0.6) is 0 Å². The summed E-state index contributed by atoms with van der Waals surface area (Å²) in [5.74, 6) is 0.936. The molecule has 2 aliphatic rings. The van der Waals surface area contributed by atoms with E-state index in [1.165, 1.54) is 0 Å². The van der Waals surface area contributed by atoms with Crippen molar-refractivity contribution in [2.75, 3.05) is 31.1 Å². The molecule has 2 fully saturated rings. The molecule has 0 spiro atoms. The van der Waals surface area contributed by atoms with E-state index in [1.54, 1.807) is 22.0 Å². The molecule has 118 valence electrons. The van der Waals surface area contributed by atoms with Crippen LogP contribution in [0.15, 0.2) is 17.8 Å². The predicted octanol–water partition coefficient (Wildman–Crippen LogP) is 1.70. The molecule has 0 atom stereocenters. The lowest BCUT2D eigenvalue weighted by molar-refractivity contribution is 0.432. The molecule has 0 N–H and O–H groups in total. The van der Waals surface area contributed by atoms with Crippen molar-refractivity contribution in [1.29, 1.82) is 0 Å². The lowest BCUT2D eigenvalue weighted by Crippen LogP contribution is -2.37. The fourth-order valence-corrected chi connectivity index (χ4v) is 5.67. The van der Waals surface area contributed by atoms with Crippen LogP contribution in [0.2, 0.25) is 0 Å². The van der Waals surface area contributed by atoms with Gasteiger partial charge in [-0.15, -0.1) is 11.3 Å². The Morgan fingerprint density at radius 2 is 2.00 bits per heavy atom. The molecule has 0 amide bonds. The smallest absolute Gasteiger partial charge is 0.217 e. The quantitative estimate of drug-likeness (QED) is 0.852. The molecule has 22 heavy (non-hydrogen) atoms. The number of hydrogen-bond acceptors (Lipinski definition) is 6. The molecule has 0 aromatic carbocycles. The van der Waals surface area contributed by atoms with Crippen LogP contribution in [0.4, 0.5) is 5.82 Å². The van der Waals surface area contributed by atoms with Crippen molar-refractivity contribution in [2.45, 2.75) is 24.5 Å². The molecule has 4 rings (SSSR count). The van der Waals surface area contributed by atoms with Gasteiger partial charge >= 0.3 is 0 Å². The number of anilines is 1. The van der Waals surface area contributed by atoms with Gasteiger partial charge in [0.1, 0.15) is 12.1 Å². The minimum Gasteiger partial charge on any atom is -0.354 e. The van der Waals surface area contributed by atoms with Gasteiger partial charge in [0.25, 0.3) is 0 Å². The van der Waals surface area contributed by atoms with E-state index in [2.05, 4.69) is 14.9 Å². The Morgan fingerprint density at radius 1 is 1.14 bits per heavy atom. The number of nitrogens with zero attached hydrogens (tertiary/aromatic N) is 4. The predicted molar refractivity (Wildman–Crippen MR) is 87.8 cm³/mol. The zero-order valence-corrected chi connectivity index (χ0v) is 13.8. The second kappa shape index (κ2) is 5.43. The summed E-state index contributed by atoms with van der Waals surface area (Å²) in [7, 11) is -3.07. The monoisotopic (exact) mass is 338 g/mol. The lowest BCUT2D eigenvalue weighted by Gasteiger charge is -2.22. The third-order valence-corrected chi connectivity index (χ3v) is 7.58. The molecule has 1 saturated heterocycles. The maximum Gasteiger partial charge on any atom is 0.217 e. The van der Waals surface area contributed by atoms with Gasteiger partial charge in [-0.05, 0) is 30.7 Å². The highest BCUT2D eigenvalue weighted by atomic mass is 32.2. The number of hydrogen-bond donors (Lipinski definition) is 0. The highest BCUT2D eigenvalue weighted by Gasteiger charge is 2.40. The summed E-state index contributed by atoms with van der Waals surface area (Å²) in [4.78, 5) is 10.9. The fourth-order valence-electron chi connectivity index (χ4n) is 2.94. The summed E-state index contributed by atoms with van der Waals surface area (Å²) in [6.07, 6.45) is 4.07. The molecule has 0 unspecified atom stereocenters. The third kappa shape index (κ3) is 2.49. The average molecular weight is 338 g/mol. The molecule has 6 nitrogen and oxygen atoms in total. The third-order valence-electron chi connectivity index (χ3n) is 4.28. The topological polar surface area (TPSA) is 66.4 Å². The molecule has 1 aliphatic carbocycles. The van der Waals surface area contributed by atoms with Gasteiger partial charge in [0.05, 0.1) is 15.5 Å². The van der Waals surface area contributed by atoms with Crippen molar-refractivity contribution >= 4 is 37.4 Å². The van der Waals surface area contributed by atoms with Gasteiger partial charge in [-0.3, -0.25) is 0 Å². The van der Waals surface area contributed by atoms with E-state index < -0.39 is 10.0 Å². The van der Waals surface area contributed by atoms with Crippen molar-refractivity contribution < 1.29 is 8.42 Å². The van der Waals surface area contributed by atoms with E-state index in [4.69, 9.17) is 0 Å². The maximum atomic E-state index is 12.4. The number of aromatic nitrogens is 2. The Hall–Kier alpha value is -1.25. The van der Waals surface area contributed by atoms with Crippen LogP contribution >= 0.6 is 11.3 Å². The van der Waals surface area contributed by atoms with Gasteiger partial charge in [-0.1, -0.05) is 0 Å². The van der Waals surface area contributed by atoms with E-state index >= 15 is 0 Å². The molecule has 2 aromatic rings. The first-order valence-electron chi connectivity index (χ1n) is 7.58. The van der Waals surface area contributed by atoms with Crippen LogP contribution in [0.3, 0.4) is 0 Å². The summed E-state index contributed by atoms with van der Waals surface area (Å²) in [6.45, 7) is 2.69. The second-order valence-corrected chi connectivity index (χ2v) is 8.95. The van der Waals surface area contributed by atoms with E-state index in [1.807, 2.05) is 11.4 Å². The van der Waals surface area contributed by atoms with Crippen molar-refractivity contribution in [1.82, 2.24) is 14.3 Å². The minimum absolute atomic E-state index is 0.123. The zero-order chi connectivity index (χ0) is 15.2. The second-order valence-electron chi connectivity index (χ2n) is 5.82. The first-order chi connectivity index (χ1) is 10.7. The Morgan fingerprint density at radius 3 is 2.82 bits per heavy atom. The highest BCUT2D eigenvalue weighted by Crippen LogP contribution is 2.32. The Labute approximate surface area is 133 Å². The summed E-state index contributed by atoms with van der Waals surface area (Å²) in [6, 6.07) is 1.99. The van der Waals surface area contributed by atoms with E-state index in [9.17, 15) is 8.42 Å². The number of thiophene rings is 1. The average Bonchev–Trinajstić information content (AvgIpc) is 3.30. The molecule has 0 bridgehead atoms. The van der Waals surface area contributed by atoms with E-state index in [-0.39, 0.29) is 5.25 Å². The zero-order valence-electron chi connectivity index (χ0n) is 12.2. The lowest BCUT2D eigenvalue weighted by atomic mass is 10.3. The molecular weight excluding hydrogens is 320 g/mol. The first-order valence-corrected chi connectivity index (χ1v) is 9.96. The molecular formula is C14H18N4O2S2. The largest absolute Gasteiger partial charge is 0.354 e. The SMILES string of the molecule is O=S(=O)(C1CC1)N1CCCN(c2ncnc3ccsc23)CC1. The van der Waals surface area contributed by atoms with Crippen molar-refractivity contribution in [3.8, 4) is 0 Å². The van der Waals surface area contributed by atoms with E-state index in [0.29, 0.717) is 19.6 Å². The van der Waals surface area contributed by atoms with Crippen LogP contribution in [-0.4, -0.2) is 54.1 Å². The van der Waals surface area contributed by atoms with Gasteiger partial charge in [-0.2, -0.15) is 4.31 Å². The minimum atomic E-state index is -3.07. The standard InChI is InChI=1S/C14H18N4O2S2/c19-22(20,11-2-3-11)18-6-1-5-17(7-8-18)14-13-12(4-9-21-13)15-10-16-14/h4,9-11H,1-3,5-8H2. The molecule has 8 heteroatoms. The summed E-state index contributed by atoms with van der Waals surface area (Å²) in [5, 5.41) is 1.90. The number of sulfonamides is 1. The molecule has 1 aliphatic heterocycles.